The minimum Gasteiger partial charge on any atom is -0.485 e. The van der Waals surface area contributed by atoms with Crippen LogP contribution in [0.4, 0.5) is 0 Å². The van der Waals surface area contributed by atoms with E-state index in [1.807, 2.05) is 24.3 Å². The summed E-state index contributed by atoms with van der Waals surface area (Å²) in [6.45, 7) is 1.58. The molecule has 3 nitrogen and oxygen atoms in total. The van der Waals surface area contributed by atoms with Crippen molar-refractivity contribution < 1.29 is 9.53 Å². The van der Waals surface area contributed by atoms with E-state index in [-0.39, 0.29) is 12.4 Å². The highest BCUT2D eigenvalue weighted by atomic mass is 79.9. The van der Waals surface area contributed by atoms with Crippen LogP contribution in [0, 0.1) is 0 Å². The summed E-state index contributed by atoms with van der Waals surface area (Å²) in [7, 11) is 0. The van der Waals surface area contributed by atoms with Crippen LogP contribution in [0.25, 0.3) is 10.9 Å². The lowest BCUT2D eigenvalue weighted by atomic mass is 10.2. The Morgan fingerprint density at radius 3 is 3.00 bits per heavy atom. The zero-order valence-corrected chi connectivity index (χ0v) is 10.3. The van der Waals surface area contributed by atoms with E-state index in [4.69, 9.17) is 4.74 Å². The minimum atomic E-state index is -0.00168. The molecule has 2 aromatic rings. The number of carbonyl (C=O) groups excluding carboxylic acids is 1. The van der Waals surface area contributed by atoms with Gasteiger partial charge in [0.1, 0.15) is 12.4 Å². The largest absolute Gasteiger partial charge is 0.485 e. The molecule has 0 spiro atoms. The van der Waals surface area contributed by atoms with Crippen molar-refractivity contribution in [2.75, 3.05) is 6.61 Å². The molecule has 0 N–H and O–H groups in total. The summed E-state index contributed by atoms with van der Waals surface area (Å²) in [5.74, 6) is 0.661. The molecule has 0 bridgehead atoms. The third kappa shape index (κ3) is 2.22. The van der Waals surface area contributed by atoms with Crippen molar-refractivity contribution in [2.24, 2.45) is 0 Å². The van der Waals surface area contributed by atoms with Gasteiger partial charge >= 0.3 is 0 Å². The third-order valence-electron chi connectivity index (χ3n) is 2.11. The van der Waals surface area contributed by atoms with Crippen molar-refractivity contribution >= 4 is 32.6 Å². The topological polar surface area (TPSA) is 39.2 Å². The second-order valence-corrected chi connectivity index (χ2v) is 4.23. The molecule has 0 fully saturated rings. The van der Waals surface area contributed by atoms with E-state index in [0.29, 0.717) is 5.75 Å². The van der Waals surface area contributed by atoms with Crippen molar-refractivity contribution in [1.29, 1.82) is 0 Å². The number of benzene rings is 1. The van der Waals surface area contributed by atoms with Crippen LogP contribution < -0.4 is 4.74 Å². The van der Waals surface area contributed by atoms with Crippen LogP contribution in [-0.4, -0.2) is 17.4 Å². The number of Topliss-reactive ketones (excluding diaryl/α,β-unsaturated/α-hetero) is 1. The molecular formula is C12H10BrNO2. The average Bonchev–Trinajstić information content (AvgIpc) is 2.28. The van der Waals surface area contributed by atoms with Crippen molar-refractivity contribution in [2.45, 2.75) is 6.92 Å². The lowest BCUT2D eigenvalue weighted by Gasteiger charge is -2.08. The molecule has 0 saturated carbocycles. The molecule has 4 heteroatoms. The van der Waals surface area contributed by atoms with E-state index in [1.54, 1.807) is 6.20 Å². The van der Waals surface area contributed by atoms with Gasteiger partial charge in [-0.2, -0.15) is 0 Å². The smallest absolute Gasteiger partial charge is 0.167 e. The Bertz CT molecular complexity index is 540. The lowest BCUT2D eigenvalue weighted by Crippen LogP contribution is -2.06. The van der Waals surface area contributed by atoms with Gasteiger partial charge in [-0.3, -0.25) is 9.78 Å². The molecule has 82 valence electrons. The first-order chi connectivity index (χ1) is 7.68. The van der Waals surface area contributed by atoms with Gasteiger partial charge in [-0.25, -0.2) is 0 Å². The van der Waals surface area contributed by atoms with Gasteiger partial charge in [-0.1, -0.05) is 6.07 Å². The van der Waals surface area contributed by atoms with Gasteiger partial charge in [0.15, 0.2) is 5.78 Å². The van der Waals surface area contributed by atoms with Crippen LogP contribution in [0.1, 0.15) is 6.92 Å². The Labute approximate surface area is 102 Å². The molecule has 1 aromatic carbocycles. The number of ketones is 1. The molecular weight excluding hydrogens is 270 g/mol. The van der Waals surface area contributed by atoms with Crippen LogP contribution in [0.15, 0.2) is 34.9 Å². The SMILES string of the molecule is CC(=O)COc1ccc2ncccc2c1Br. The van der Waals surface area contributed by atoms with Crippen LogP contribution in [0.5, 0.6) is 5.75 Å². The van der Waals surface area contributed by atoms with Crippen molar-refractivity contribution in [1.82, 2.24) is 4.98 Å². The maximum Gasteiger partial charge on any atom is 0.167 e. The molecule has 1 aromatic heterocycles. The van der Waals surface area contributed by atoms with Crippen molar-refractivity contribution in [3.8, 4) is 5.75 Å². The van der Waals surface area contributed by atoms with Crippen molar-refractivity contribution in [3.63, 3.8) is 0 Å². The number of aromatic nitrogens is 1. The van der Waals surface area contributed by atoms with Gasteiger partial charge in [0.25, 0.3) is 0 Å². The number of ether oxygens (including phenoxy) is 1. The summed E-state index contributed by atoms with van der Waals surface area (Å²) in [5, 5.41) is 0.976. The molecule has 0 radical (unpaired) electrons. The number of pyridine rings is 1. The van der Waals surface area contributed by atoms with E-state index >= 15 is 0 Å². The molecule has 0 saturated heterocycles. The van der Waals surface area contributed by atoms with E-state index in [1.165, 1.54) is 6.92 Å². The van der Waals surface area contributed by atoms with E-state index in [0.717, 1.165) is 15.4 Å². The molecule has 1 heterocycles. The predicted octanol–water partition coefficient (Wildman–Crippen LogP) is 2.97. The van der Waals surface area contributed by atoms with Gasteiger partial charge in [0.2, 0.25) is 0 Å². The summed E-state index contributed by atoms with van der Waals surface area (Å²) < 4.78 is 6.21. The molecule has 0 aliphatic heterocycles. The quantitative estimate of drug-likeness (QED) is 0.867. The monoisotopic (exact) mass is 279 g/mol. The highest BCUT2D eigenvalue weighted by Crippen LogP contribution is 2.32. The Morgan fingerprint density at radius 1 is 1.44 bits per heavy atom. The standard InChI is InChI=1S/C12H10BrNO2/c1-8(15)7-16-11-5-4-10-9(12(11)13)3-2-6-14-10/h2-6H,7H2,1H3. The molecule has 16 heavy (non-hydrogen) atoms. The molecule has 0 unspecified atom stereocenters. The number of rotatable bonds is 3. The van der Waals surface area contributed by atoms with Crippen LogP contribution in [-0.2, 0) is 4.79 Å². The Hall–Kier alpha value is -1.42. The summed E-state index contributed by atoms with van der Waals surface area (Å²) in [6, 6.07) is 7.49. The Kier molecular flexibility index (Phi) is 3.19. The van der Waals surface area contributed by atoms with Gasteiger partial charge in [0, 0.05) is 11.6 Å². The van der Waals surface area contributed by atoms with Crippen LogP contribution >= 0.6 is 15.9 Å². The number of carbonyl (C=O) groups is 1. The number of halogens is 1. The maximum absolute atomic E-state index is 10.8. The molecule has 0 atom stereocenters. The third-order valence-corrected chi connectivity index (χ3v) is 2.93. The fourth-order valence-electron chi connectivity index (χ4n) is 1.39. The summed E-state index contributed by atoms with van der Waals surface area (Å²) in [5.41, 5.74) is 0.893. The number of nitrogens with zero attached hydrogens (tertiary/aromatic N) is 1. The minimum absolute atomic E-state index is 0.00168. The van der Waals surface area contributed by atoms with Crippen LogP contribution in [0.2, 0.25) is 0 Å². The second kappa shape index (κ2) is 4.61. The lowest BCUT2D eigenvalue weighted by molar-refractivity contribution is -0.118. The normalized spacial score (nSPS) is 10.4. The van der Waals surface area contributed by atoms with Crippen LogP contribution in [0.3, 0.4) is 0 Å². The zero-order valence-electron chi connectivity index (χ0n) is 8.74. The summed E-state index contributed by atoms with van der Waals surface area (Å²) >= 11 is 3.46. The molecule has 0 aliphatic carbocycles. The maximum atomic E-state index is 10.8. The average molecular weight is 280 g/mol. The van der Waals surface area contributed by atoms with Gasteiger partial charge < -0.3 is 4.74 Å². The number of hydrogen-bond acceptors (Lipinski definition) is 3. The molecule has 0 aliphatic rings. The van der Waals surface area contributed by atoms with E-state index in [9.17, 15) is 4.79 Å². The zero-order chi connectivity index (χ0) is 11.5. The van der Waals surface area contributed by atoms with E-state index in [2.05, 4.69) is 20.9 Å². The Morgan fingerprint density at radius 2 is 2.25 bits per heavy atom. The second-order valence-electron chi connectivity index (χ2n) is 3.44. The first-order valence-electron chi connectivity index (χ1n) is 4.84. The van der Waals surface area contributed by atoms with Crippen molar-refractivity contribution in [3.05, 3.63) is 34.9 Å². The molecule has 0 amide bonds. The van der Waals surface area contributed by atoms with Gasteiger partial charge in [-0.15, -0.1) is 0 Å². The molecule has 2 rings (SSSR count). The fraction of sp³-hybridized carbons (Fsp3) is 0.167. The first-order valence-corrected chi connectivity index (χ1v) is 5.63. The van der Waals surface area contributed by atoms with E-state index < -0.39 is 0 Å². The summed E-state index contributed by atoms with van der Waals surface area (Å²) in [4.78, 5) is 15.1. The number of fused-ring (bicyclic) bond motifs is 1. The van der Waals surface area contributed by atoms with Gasteiger partial charge in [0.05, 0.1) is 9.99 Å². The highest BCUT2D eigenvalue weighted by molar-refractivity contribution is 9.10. The predicted molar refractivity (Wildman–Crippen MR) is 65.6 cm³/mol. The fourth-order valence-corrected chi connectivity index (χ4v) is 1.97. The highest BCUT2D eigenvalue weighted by Gasteiger charge is 2.07. The van der Waals surface area contributed by atoms with Gasteiger partial charge in [-0.05, 0) is 41.1 Å². The first kappa shape index (κ1) is 11.1. The number of hydrogen-bond donors (Lipinski definition) is 0. The Balaban J connectivity index is 2.40. The summed E-state index contributed by atoms with van der Waals surface area (Å²) in [6.07, 6.45) is 1.74.